The van der Waals surface area contributed by atoms with Crippen molar-refractivity contribution in [3.8, 4) is 5.75 Å². The Morgan fingerprint density at radius 2 is 1.76 bits per heavy atom. The first kappa shape index (κ1) is 19.2. The summed E-state index contributed by atoms with van der Waals surface area (Å²) in [5.74, 6) is 0.954. The van der Waals surface area contributed by atoms with Gasteiger partial charge in [0.2, 0.25) is 17.8 Å². The van der Waals surface area contributed by atoms with Gasteiger partial charge in [0.25, 0.3) is 0 Å². The van der Waals surface area contributed by atoms with Crippen LogP contribution in [-0.4, -0.2) is 59.5 Å². The van der Waals surface area contributed by atoms with E-state index in [9.17, 15) is 9.59 Å². The average Bonchev–Trinajstić information content (AvgIpc) is 3.58. The molecule has 0 radical (unpaired) electrons. The first-order valence-corrected chi connectivity index (χ1v) is 9.99. The highest BCUT2D eigenvalue weighted by atomic mass is 16.5. The molecule has 8 heteroatoms. The van der Waals surface area contributed by atoms with Crippen LogP contribution in [0.1, 0.15) is 19.8 Å². The molecular weight excluding hydrogens is 370 g/mol. The molecule has 2 amide bonds. The Kier molecular flexibility index (Phi) is 5.33. The maximum atomic E-state index is 13.2. The number of carbonyl (C=O) groups excluding carboxylic acids is 2. The molecule has 2 heterocycles. The number of hydrogen-bond donors (Lipinski definition) is 1. The maximum Gasteiger partial charge on any atom is 0.240 e. The van der Waals surface area contributed by atoms with Crippen LogP contribution in [0.25, 0.3) is 0 Å². The van der Waals surface area contributed by atoms with E-state index in [-0.39, 0.29) is 11.8 Å². The Morgan fingerprint density at radius 1 is 1.07 bits per heavy atom. The number of ether oxygens (including phenoxy) is 1. The number of anilines is 2. The second-order valence-electron chi connectivity index (χ2n) is 7.29. The van der Waals surface area contributed by atoms with Gasteiger partial charge in [-0.3, -0.25) is 9.59 Å². The number of nitrogens with one attached hydrogen (secondary N) is 1. The van der Waals surface area contributed by atoms with Gasteiger partial charge in [-0.1, -0.05) is 12.1 Å². The van der Waals surface area contributed by atoms with E-state index in [1.54, 1.807) is 29.4 Å². The van der Waals surface area contributed by atoms with E-state index < -0.39 is 5.41 Å². The molecule has 1 N–H and O–H groups in total. The molecule has 2 aromatic rings. The van der Waals surface area contributed by atoms with Crippen molar-refractivity contribution in [2.24, 2.45) is 5.41 Å². The number of aromatic nitrogens is 2. The minimum Gasteiger partial charge on any atom is -0.492 e. The number of rotatable bonds is 6. The van der Waals surface area contributed by atoms with Crippen molar-refractivity contribution in [1.29, 1.82) is 0 Å². The van der Waals surface area contributed by atoms with Crippen LogP contribution in [0.3, 0.4) is 0 Å². The highest BCUT2D eigenvalue weighted by Crippen LogP contribution is 2.48. The van der Waals surface area contributed by atoms with E-state index in [4.69, 9.17) is 4.74 Å². The molecule has 0 atom stereocenters. The van der Waals surface area contributed by atoms with E-state index in [0.717, 1.165) is 0 Å². The van der Waals surface area contributed by atoms with Crippen LogP contribution in [0.5, 0.6) is 5.75 Å². The van der Waals surface area contributed by atoms with E-state index in [1.165, 1.54) is 0 Å². The van der Waals surface area contributed by atoms with Gasteiger partial charge in [-0.15, -0.1) is 0 Å². The molecule has 1 aliphatic carbocycles. The van der Waals surface area contributed by atoms with E-state index in [2.05, 4.69) is 20.2 Å². The van der Waals surface area contributed by atoms with Crippen molar-refractivity contribution >= 4 is 23.5 Å². The largest absolute Gasteiger partial charge is 0.492 e. The summed E-state index contributed by atoms with van der Waals surface area (Å²) in [5.41, 5.74) is -0.352. The highest BCUT2D eigenvalue weighted by Gasteiger charge is 2.58. The fraction of sp³-hybridized carbons (Fsp3) is 0.429. The molecular formula is C21H25N5O3. The van der Waals surface area contributed by atoms with Crippen molar-refractivity contribution in [1.82, 2.24) is 14.9 Å². The number of nitrogens with zero attached hydrogens (tertiary/aromatic N) is 4. The predicted octanol–water partition coefficient (Wildman–Crippen LogP) is 1.94. The third-order valence-corrected chi connectivity index (χ3v) is 5.43. The molecule has 29 heavy (non-hydrogen) atoms. The number of hydrogen-bond acceptors (Lipinski definition) is 6. The van der Waals surface area contributed by atoms with Crippen LogP contribution >= 0.6 is 0 Å². The van der Waals surface area contributed by atoms with Crippen molar-refractivity contribution in [3.05, 3.63) is 42.7 Å². The quantitative estimate of drug-likeness (QED) is 0.752. The molecule has 1 saturated heterocycles. The highest BCUT2D eigenvalue weighted by molar-refractivity contribution is 6.13. The summed E-state index contributed by atoms with van der Waals surface area (Å²) in [4.78, 5) is 38.5. The topological polar surface area (TPSA) is 87.7 Å². The second-order valence-corrected chi connectivity index (χ2v) is 7.29. The summed E-state index contributed by atoms with van der Waals surface area (Å²) in [5, 5.41) is 2.91. The summed E-state index contributed by atoms with van der Waals surface area (Å²) in [6.07, 6.45) is 4.58. The molecule has 0 spiro atoms. The SMILES string of the molecule is CCOc1ccccc1NC(=O)C1(C(=O)N2CCN(c3ncccn3)CC2)CC1. The standard InChI is InChI=1S/C21H25N5O3/c1-2-29-17-7-4-3-6-16(17)24-18(27)21(8-9-21)19(28)25-12-14-26(15-13-25)20-22-10-5-11-23-20/h3-7,10-11H,2,8-9,12-15H2,1H3,(H,24,27). The molecule has 8 nitrogen and oxygen atoms in total. The average molecular weight is 395 g/mol. The van der Waals surface area contributed by atoms with Gasteiger partial charge in [0, 0.05) is 38.6 Å². The summed E-state index contributed by atoms with van der Waals surface area (Å²) < 4.78 is 5.57. The number of para-hydroxylation sites is 2. The first-order valence-electron chi connectivity index (χ1n) is 9.99. The van der Waals surface area contributed by atoms with Crippen LogP contribution in [0.15, 0.2) is 42.7 Å². The van der Waals surface area contributed by atoms with Gasteiger partial charge in [0.1, 0.15) is 11.2 Å². The summed E-state index contributed by atoms with van der Waals surface area (Å²) >= 11 is 0. The normalized spacial score (nSPS) is 17.6. The van der Waals surface area contributed by atoms with Crippen molar-refractivity contribution in [2.45, 2.75) is 19.8 Å². The number of carbonyl (C=O) groups is 2. The molecule has 2 fully saturated rings. The number of amides is 2. The summed E-state index contributed by atoms with van der Waals surface area (Å²) in [7, 11) is 0. The fourth-order valence-electron chi connectivity index (χ4n) is 3.62. The zero-order chi connectivity index (χ0) is 20.3. The van der Waals surface area contributed by atoms with Crippen molar-refractivity contribution in [2.75, 3.05) is 43.0 Å². The first-order chi connectivity index (χ1) is 14.1. The Balaban J connectivity index is 1.39. The molecule has 0 unspecified atom stereocenters. The lowest BCUT2D eigenvalue weighted by Crippen LogP contribution is -2.53. The lowest BCUT2D eigenvalue weighted by atomic mass is 10.0. The third-order valence-electron chi connectivity index (χ3n) is 5.43. The van der Waals surface area contributed by atoms with Crippen LogP contribution < -0.4 is 15.0 Å². The molecule has 1 aliphatic heterocycles. The Morgan fingerprint density at radius 3 is 2.41 bits per heavy atom. The number of piperazine rings is 1. The summed E-state index contributed by atoms with van der Waals surface area (Å²) in [6, 6.07) is 9.08. The van der Waals surface area contributed by atoms with Crippen LogP contribution in [0.4, 0.5) is 11.6 Å². The van der Waals surface area contributed by atoms with Gasteiger partial charge in [0.05, 0.1) is 12.3 Å². The molecule has 0 bridgehead atoms. The van der Waals surface area contributed by atoms with Crippen LogP contribution in [-0.2, 0) is 9.59 Å². The van der Waals surface area contributed by atoms with Crippen molar-refractivity contribution in [3.63, 3.8) is 0 Å². The van der Waals surface area contributed by atoms with Gasteiger partial charge in [-0.05, 0) is 38.0 Å². The molecule has 1 aromatic heterocycles. The maximum absolute atomic E-state index is 13.2. The van der Waals surface area contributed by atoms with Gasteiger partial charge in [-0.25, -0.2) is 9.97 Å². The third kappa shape index (κ3) is 3.87. The summed E-state index contributed by atoms with van der Waals surface area (Å²) in [6.45, 7) is 4.82. The predicted molar refractivity (Wildman–Crippen MR) is 109 cm³/mol. The molecule has 1 aromatic carbocycles. The second kappa shape index (κ2) is 8.06. The van der Waals surface area contributed by atoms with Gasteiger partial charge >= 0.3 is 0 Å². The number of benzene rings is 1. The monoisotopic (exact) mass is 395 g/mol. The Bertz CT molecular complexity index is 877. The smallest absolute Gasteiger partial charge is 0.240 e. The lowest BCUT2D eigenvalue weighted by molar-refractivity contribution is -0.142. The van der Waals surface area contributed by atoms with Crippen LogP contribution in [0, 0.1) is 5.41 Å². The Hall–Kier alpha value is -3.16. The van der Waals surface area contributed by atoms with E-state index in [1.807, 2.05) is 25.1 Å². The van der Waals surface area contributed by atoms with Crippen LogP contribution in [0.2, 0.25) is 0 Å². The zero-order valence-electron chi connectivity index (χ0n) is 16.5. The minimum absolute atomic E-state index is 0.0856. The van der Waals surface area contributed by atoms with Gasteiger partial charge in [-0.2, -0.15) is 0 Å². The molecule has 1 saturated carbocycles. The zero-order valence-corrected chi connectivity index (χ0v) is 16.5. The van der Waals surface area contributed by atoms with Gasteiger partial charge in [0.15, 0.2) is 0 Å². The van der Waals surface area contributed by atoms with Crippen molar-refractivity contribution < 1.29 is 14.3 Å². The molecule has 152 valence electrons. The Labute approximate surface area is 169 Å². The van der Waals surface area contributed by atoms with E-state index >= 15 is 0 Å². The fourth-order valence-corrected chi connectivity index (χ4v) is 3.62. The molecule has 4 rings (SSSR count). The van der Waals surface area contributed by atoms with Gasteiger partial charge < -0.3 is 19.9 Å². The minimum atomic E-state index is -0.954. The van der Waals surface area contributed by atoms with E-state index in [0.29, 0.717) is 63.0 Å². The lowest BCUT2D eigenvalue weighted by Gasteiger charge is -2.36. The molecule has 2 aliphatic rings.